The summed E-state index contributed by atoms with van der Waals surface area (Å²) >= 11 is 0. The first-order valence-corrected chi connectivity index (χ1v) is 9.12. The normalized spacial score (nSPS) is 30.2. The molecule has 3 nitrogen and oxygen atoms in total. The minimum Gasteiger partial charge on any atom is -0.496 e. The molecule has 0 spiro atoms. The quantitative estimate of drug-likeness (QED) is 0.727. The van der Waals surface area contributed by atoms with Crippen molar-refractivity contribution in [2.24, 2.45) is 0 Å². The fourth-order valence-corrected chi connectivity index (χ4v) is 2.90. The summed E-state index contributed by atoms with van der Waals surface area (Å²) in [6, 6.07) is 0. The lowest BCUT2D eigenvalue weighted by Crippen LogP contribution is -2.50. The molecule has 0 aromatic carbocycles. The van der Waals surface area contributed by atoms with Crippen LogP contribution in [0, 0.1) is 0 Å². The van der Waals surface area contributed by atoms with Crippen LogP contribution in [-0.2, 0) is 13.9 Å². The first-order chi connectivity index (χ1) is 7.69. The van der Waals surface area contributed by atoms with Gasteiger partial charge in [-0.15, -0.1) is 0 Å². The van der Waals surface area contributed by atoms with Gasteiger partial charge >= 0.3 is 0 Å². The van der Waals surface area contributed by atoms with Gasteiger partial charge in [-0.05, 0) is 31.1 Å². The predicted molar refractivity (Wildman–Crippen MR) is 72.6 cm³/mol. The Morgan fingerprint density at radius 2 is 1.82 bits per heavy atom. The molecule has 0 fully saturated rings. The molecule has 100 valence electrons. The monoisotopic (exact) mass is 258 g/mol. The Morgan fingerprint density at radius 1 is 1.24 bits per heavy atom. The Balaban J connectivity index is 2.79. The zero-order valence-electron chi connectivity index (χ0n) is 12.1. The highest BCUT2D eigenvalue weighted by Crippen LogP contribution is 2.38. The fraction of sp³-hybridized carbons (Fsp3) is 0.846. The number of hydrogen-bond donors (Lipinski definition) is 0. The minimum atomic E-state index is -1.77. The van der Waals surface area contributed by atoms with Crippen LogP contribution in [0.3, 0.4) is 0 Å². The molecule has 1 heterocycles. The summed E-state index contributed by atoms with van der Waals surface area (Å²) in [6.45, 7) is 13.3. The molecule has 1 aliphatic rings. The lowest BCUT2D eigenvalue weighted by Gasteiger charge is -2.42. The Bertz CT molecular complexity index is 281. The molecule has 1 rings (SSSR count). The van der Waals surface area contributed by atoms with Crippen molar-refractivity contribution >= 4 is 8.32 Å². The van der Waals surface area contributed by atoms with E-state index in [2.05, 4.69) is 33.9 Å². The number of hydrogen-bond acceptors (Lipinski definition) is 3. The Kier molecular flexibility index (Phi) is 4.44. The van der Waals surface area contributed by atoms with Crippen LogP contribution >= 0.6 is 0 Å². The van der Waals surface area contributed by atoms with E-state index in [1.807, 2.05) is 13.0 Å². The number of ether oxygens (including phenoxy) is 2. The Labute approximate surface area is 106 Å². The third-order valence-corrected chi connectivity index (χ3v) is 8.33. The molecule has 0 radical (unpaired) electrons. The first-order valence-electron chi connectivity index (χ1n) is 6.22. The van der Waals surface area contributed by atoms with Gasteiger partial charge in [0.25, 0.3) is 0 Å². The van der Waals surface area contributed by atoms with Crippen LogP contribution in [0.15, 0.2) is 12.3 Å². The zero-order chi connectivity index (χ0) is 13.3. The lowest BCUT2D eigenvalue weighted by atomic mass is 10.1. The van der Waals surface area contributed by atoms with Crippen LogP contribution in [0.5, 0.6) is 0 Å². The maximum Gasteiger partial charge on any atom is 0.193 e. The molecule has 17 heavy (non-hydrogen) atoms. The minimum absolute atomic E-state index is 0.00430. The van der Waals surface area contributed by atoms with Crippen molar-refractivity contribution in [1.29, 1.82) is 0 Å². The van der Waals surface area contributed by atoms with Gasteiger partial charge in [-0.25, -0.2) is 0 Å². The third kappa shape index (κ3) is 3.33. The second-order valence-electron chi connectivity index (χ2n) is 6.21. The molecule has 0 aromatic rings. The third-order valence-electron chi connectivity index (χ3n) is 3.86. The van der Waals surface area contributed by atoms with E-state index in [9.17, 15) is 0 Å². The van der Waals surface area contributed by atoms with E-state index in [0.29, 0.717) is 0 Å². The van der Waals surface area contributed by atoms with Crippen LogP contribution in [-0.4, -0.2) is 33.7 Å². The summed E-state index contributed by atoms with van der Waals surface area (Å²) in [5.74, 6) is 0. The van der Waals surface area contributed by atoms with Gasteiger partial charge in [0.05, 0.1) is 12.4 Å². The predicted octanol–water partition coefficient (Wildman–Crippen LogP) is 3.32. The molecule has 0 N–H and O–H groups in total. The van der Waals surface area contributed by atoms with E-state index >= 15 is 0 Å². The summed E-state index contributed by atoms with van der Waals surface area (Å²) in [5.41, 5.74) is 0. The van der Waals surface area contributed by atoms with Gasteiger partial charge < -0.3 is 13.9 Å². The SMILES string of the molecule is CO[C@@H]1[C@@H](C)OC=C[C@H]1O[Si](C)(C)C(C)(C)C. The summed E-state index contributed by atoms with van der Waals surface area (Å²) in [4.78, 5) is 0. The number of rotatable bonds is 3. The average Bonchev–Trinajstić information content (AvgIpc) is 2.15. The van der Waals surface area contributed by atoms with E-state index in [-0.39, 0.29) is 23.4 Å². The van der Waals surface area contributed by atoms with E-state index in [0.717, 1.165) is 0 Å². The van der Waals surface area contributed by atoms with Crippen LogP contribution in [0.1, 0.15) is 27.7 Å². The van der Waals surface area contributed by atoms with Gasteiger partial charge in [0.15, 0.2) is 8.32 Å². The topological polar surface area (TPSA) is 27.7 Å². The molecule has 1 aliphatic heterocycles. The van der Waals surface area contributed by atoms with Crippen molar-refractivity contribution in [2.75, 3.05) is 7.11 Å². The molecule has 0 unspecified atom stereocenters. The summed E-state index contributed by atoms with van der Waals surface area (Å²) < 4.78 is 17.3. The molecule has 0 aromatic heterocycles. The maximum absolute atomic E-state index is 6.36. The van der Waals surface area contributed by atoms with Gasteiger partial charge in [-0.3, -0.25) is 0 Å². The highest BCUT2D eigenvalue weighted by molar-refractivity contribution is 6.74. The zero-order valence-corrected chi connectivity index (χ0v) is 13.1. The molecular weight excluding hydrogens is 232 g/mol. The van der Waals surface area contributed by atoms with Gasteiger partial charge in [-0.2, -0.15) is 0 Å². The molecule has 4 heteroatoms. The molecule has 0 saturated heterocycles. The molecule has 3 atom stereocenters. The summed E-state index contributed by atoms with van der Waals surface area (Å²) in [5, 5.41) is 0.209. The van der Waals surface area contributed by atoms with Crippen molar-refractivity contribution in [3.63, 3.8) is 0 Å². The Morgan fingerprint density at radius 3 is 2.29 bits per heavy atom. The second-order valence-corrected chi connectivity index (χ2v) is 11.0. The van der Waals surface area contributed by atoms with E-state index < -0.39 is 8.32 Å². The van der Waals surface area contributed by atoms with Crippen molar-refractivity contribution in [1.82, 2.24) is 0 Å². The molecular formula is C13H26O3Si. The van der Waals surface area contributed by atoms with Crippen molar-refractivity contribution in [3.05, 3.63) is 12.3 Å². The van der Waals surface area contributed by atoms with Gasteiger partial charge in [-0.1, -0.05) is 20.8 Å². The van der Waals surface area contributed by atoms with Gasteiger partial charge in [0.1, 0.15) is 12.2 Å². The van der Waals surface area contributed by atoms with E-state index in [1.54, 1.807) is 13.4 Å². The van der Waals surface area contributed by atoms with E-state index in [4.69, 9.17) is 13.9 Å². The van der Waals surface area contributed by atoms with Crippen molar-refractivity contribution < 1.29 is 13.9 Å². The maximum atomic E-state index is 6.36. The van der Waals surface area contributed by atoms with Crippen LogP contribution in [0.4, 0.5) is 0 Å². The standard InChI is InChI=1S/C13H26O3Si/c1-10-12(14-5)11(8-9-15-10)16-17(6,7)13(2,3)4/h8-12H,1-7H3/t10-,11-,12-/m1/s1. The average molecular weight is 258 g/mol. The lowest BCUT2D eigenvalue weighted by molar-refractivity contribution is -0.0722. The van der Waals surface area contributed by atoms with Crippen molar-refractivity contribution in [2.45, 2.75) is 64.1 Å². The second kappa shape index (κ2) is 5.12. The van der Waals surface area contributed by atoms with Crippen LogP contribution in [0.2, 0.25) is 18.1 Å². The van der Waals surface area contributed by atoms with E-state index in [1.165, 1.54) is 0 Å². The Hall–Kier alpha value is -0.323. The number of methoxy groups -OCH3 is 1. The fourth-order valence-electron chi connectivity index (χ4n) is 1.65. The van der Waals surface area contributed by atoms with Gasteiger partial charge in [0.2, 0.25) is 0 Å². The molecule has 0 amide bonds. The van der Waals surface area contributed by atoms with Crippen LogP contribution < -0.4 is 0 Å². The highest BCUT2D eigenvalue weighted by Gasteiger charge is 2.42. The molecule has 0 saturated carbocycles. The van der Waals surface area contributed by atoms with Gasteiger partial charge in [0, 0.05) is 7.11 Å². The smallest absolute Gasteiger partial charge is 0.193 e. The van der Waals surface area contributed by atoms with Crippen molar-refractivity contribution in [3.8, 4) is 0 Å². The summed E-state index contributed by atoms with van der Waals surface area (Å²) in [7, 11) is -0.0528. The molecule has 0 bridgehead atoms. The highest BCUT2D eigenvalue weighted by atomic mass is 28.4. The first kappa shape index (κ1) is 14.7. The van der Waals surface area contributed by atoms with Crippen LogP contribution in [0.25, 0.3) is 0 Å². The largest absolute Gasteiger partial charge is 0.496 e. The molecule has 0 aliphatic carbocycles. The summed E-state index contributed by atoms with van der Waals surface area (Å²) in [6.07, 6.45) is 3.73.